The fourth-order valence-corrected chi connectivity index (χ4v) is 2.16. The van der Waals surface area contributed by atoms with Gasteiger partial charge in [0.2, 0.25) is 0 Å². The molecule has 2 aromatic carbocycles. The maximum atomic E-state index is 12.0. The number of amides is 1. The summed E-state index contributed by atoms with van der Waals surface area (Å²) in [7, 11) is 1.59. The van der Waals surface area contributed by atoms with Gasteiger partial charge in [0.1, 0.15) is 11.5 Å². The largest absolute Gasteiger partial charge is 0.497 e. The molecule has 0 heterocycles. The number of methoxy groups -OCH3 is 1. The predicted octanol–water partition coefficient (Wildman–Crippen LogP) is 3.20. The first-order valence-electron chi connectivity index (χ1n) is 8.77. The third kappa shape index (κ3) is 7.01. The topological polar surface area (TPSA) is 73.9 Å². The van der Waals surface area contributed by atoms with E-state index in [1.807, 2.05) is 24.3 Å². The first-order valence-corrected chi connectivity index (χ1v) is 8.77. The Morgan fingerprint density at radius 2 is 1.59 bits per heavy atom. The molecule has 6 nitrogen and oxygen atoms in total. The van der Waals surface area contributed by atoms with Crippen LogP contribution in [0.4, 0.5) is 0 Å². The number of carbonyl (C=O) groups is 2. The van der Waals surface area contributed by atoms with Gasteiger partial charge in [-0.25, -0.2) is 4.79 Å². The summed E-state index contributed by atoms with van der Waals surface area (Å²) in [5.74, 6) is 0.948. The fraction of sp³-hybridized carbons (Fsp3) is 0.333. The minimum Gasteiger partial charge on any atom is -0.497 e. The van der Waals surface area contributed by atoms with E-state index in [-0.39, 0.29) is 12.5 Å². The van der Waals surface area contributed by atoms with Crippen LogP contribution in [0.5, 0.6) is 11.5 Å². The van der Waals surface area contributed by atoms with Crippen molar-refractivity contribution in [3.63, 3.8) is 0 Å². The van der Waals surface area contributed by atoms with Gasteiger partial charge in [0.25, 0.3) is 5.91 Å². The molecule has 1 amide bonds. The van der Waals surface area contributed by atoms with Crippen LogP contribution in [0.2, 0.25) is 0 Å². The zero-order valence-electron chi connectivity index (χ0n) is 15.9. The van der Waals surface area contributed by atoms with Crippen molar-refractivity contribution in [3.8, 4) is 11.5 Å². The van der Waals surface area contributed by atoms with Crippen molar-refractivity contribution < 1.29 is 23.8 Å². The van der Waals surface area contributed by atoms with Crippen LogP contribution in [0.1, 0.15) is 29.8 Å². The molecule has 0 atom stereocenters. The third-order valence-electron chi connectivity index (χ3n) is 3.66. The van der Waals surface area contributed by atoms with Crippen LogP contribution in [0.3, 0.4) is 0 Å². The highest BCUT2D eigenvalue weighted by Gasteiger charge is 2.10. The summed E-state index contributed by atoms with van der Waals surface area (Å²) in [6.45, 7) is 4.75. The molecule has 0 unspecified atom stereocenters. The first-order chi connectivity index (χ1) is 13.0. The molecule has 0 saturated heterocycles. The average molecular weight is 371 g/mol. The Kier molecular flexibility index (Phi) is 7.67. The van der Waals surface area contributed by atoms with E-state index in [4.69, 9.17) is 14.2 Å². The number of nitrogens with one attached hydrogen (secondary N) is 1. The van der Waals surface area contributed by atoms with Crippen molar-refractivity contribution >= 4 is 11.9 Å². The zero-order valence-corrected chi connectivity index (χ0v) is 15.9. The summed E-state index contributed by atoms with van der Waals surface area (Å²) in [6.07, 6.45) is 0. The minimum absolute atomic E-state index is 0.333. The highest BCUT2D eigenvalue weighted by Crippen LogP contribution is 2.14. The molecule has 144 valence electrons. The lowest BCUT2D eigenvalue weighted by Gasteiger charge is -2.09. The van der Waals surface area contributed by atoms with E-state index in [0.29, 0.717) is 30.4 Å². The smallest absolute Gasteiger partial charge is 0.338 e. The van der Waals surface area contributed by atoms with E-state index >= 15 is 0 Å². The number of hydrogen-bond acceptors (Lipinski definition) is 5. The van der Waals surface area contributed by atoms with Crippen molar-refractivity contribution in [2.24, 2.45) is 5.92 Å². The van der Waals surface area contributed by atoms with E-state index in [1.54, 1.807) is 31.4 Å². The van der Waals surface area contributed by atoms with E-state index in [0.717, 1.165) is 11.3 Å². The van der Waals surface area contributed by atoms with Gasteiger partial charge < -0.3 is 19.5 Å². The molecule has 0 spiro atoms. The van der Waals surface area contributed by atoms with Crippen molar-refractivity contribution in [3.05, 3.63) is 59.7 Å². The van der Waals surface area contributed by atoms with E-state index in [2.05, 4.69) is 19.2 Å². The van der Waals surface area contributed by atoms with E-state index in [9.17, 15) is 9.59 Å². The van der Waals surface area contributed by atoms with Crippen molar-refractivity contribution in [1.29, 1.82) is 0 Å². The second-order valence-electron chi connectivity index (χ2n) is 6.43. The lowest BCUT2D eigenvalue weighted by molar-refractivity contribution is -0.124. The molecule has 0 fully saturated rings. The van der Waals surface area contributed by atoms with Crippen molar-refractivity contribution in [1.82, 2.24) is 5.32 Å². The predicted molar refractivity (Wildman–Crippen MR) is 102 cm³/mol. The third-order valence-corrected chi connectivity index (χ3v) is 3.66. The molecule has 2 aromatic rings. The molecule has 0 aliphatic carbocycles. The van der Waals surface area contributed by atoms with Gasteiger partial charge in [0, 0.05) is 6.54 Å². The zero-order chi connectivity index (χ0) is 19.6. The number of carbonyl (C=O) groups excluding carboxylic acids is 2. The summed E-state index contributed by atoms with van der Waals surface area (Å²) in [6, 6.07) is 14.0. The number of esters is 1. The lowest BCUT2D eigenvalue weighted by atomic mass is 10.2. The molecule has 0 saturated carbocycles. The SMILES string of the molecule is COc1ccc(CNC(=O)COC(=O)c2ccc(OCC(C)C)cc2)cc1. The Morgan fingerprint density at radius 3 is 2.19 bits per heavy atom. The normalized spacial score (nSPS) is 10.4. The fourth-order valence-electron chi connectivity index (χ4n) is 2.16. The van der Waals surface area contributed by atoms with Crippen LogP contribution in [0.15, 0.2) is 48.5 Å². The van der Waals surface area contributed by atoms with Crippen LogP contribution in [0.25, 0.3) is 0 Å². The van der Waals surface area contributed by atoms with Gasteiger partial charge in [-0.05, 0) is 47.9 Å². The number of hydrogen-bond donors (Lipinski definition) is 1. The van der Waals surface area contributed by atoms with Gasteiger partial charge in [-0.3, -0.25) is 4.79 Å². The van der Waals surface area contributed by atoms with Crippen LogP contribution < -0.4 is 14.8 Å². The first kappa shape index (κ1) is 20.3. The average Bonchev–Trinajstić information content (AvgIpc) is 2.69. The standard InChI is InChI=1S/C21H25NO5/c1-15(2)13-26-19-10-6-17(7-11-19)21(24)27-14-20(23)22-12-16-4-8-18(25-3)9-5-16/h4-11,15H,12-14H2,1-3H3,(H,22,23). The van der Waals surface area contributed by atoms with Gasteiger partial charge in [-0.15, -0.1) is 0 Å². The number of benzene rings is 2. The van der Waals surface area contributed by atoms with Gasteiger partial charge in [-0.1, -0.05) is 26.0 Å². The van der Waals surface area contributed by atoms with Crippen LogP contribution in [-0.2, 0) is 16.1 Å². The minimum atomic E-state index is -0.551. The second-order valence-corrected chi connectivity index (χ2v) is 6.43. The molecule has 0 radical (unpaired) electrons. The summed E-state index contributed by atoms with van der Waals surface area (Å²) >= 11 is 0. The second kappa shape index (κ2) is 10.2. The quantitative estimate of drug-likeness (QED) is 0.685. The molecule has 2 rings (SSSR count). The Labute approximate surface area is 159 Å². The summed E-state index contributed by atoms with van der Waals surface area (Å²) in [5, 5.41) is 2.70. The number of rotatable bonds is 9. The molecular weight excluding hydrogens is 346 g/mol. The summed E-state index contributed by atoms with van der Waals surface area (Å²) in [4.78, 5) is 23.9. The summed E-state index contributed by atoms with van der Waals surface area (Å²) in [5.41, 5.74) is 1.29. The molecule has 6 heteroatoms. The van der Waals surface area contributed by atoms with Crippen molar-refractivity contribution in [2.45, 2.75) is 20.4 Å². The Hall–Kier alpha value is -3.02. The molecule has 0 bridgehead atoms. The molecule has 1 N–H and O–H groups in total. The summed E-state index contributed by atoms with van der Waals surface area (Å²) < 4.78 is 15.7. The van der Waals surface area contributed by atoms with Crippen molar-refractivity contribution in [2.75, 3.05) is 20.3 Å². The highest BCUT2D eigenvalue weighted by atomic mass is 16.5. The van der Waals surface area contributed by atoms with Gasteiger partial charge in [0.15, 0.2) is 6.61 Å². The van der Waals surface area contributed by atoms with Gasteiger partial charge >= 0.3 is 5.97 Å². The molecular formula is C21H25NO5. The van der Waals surface area contributed by atoms with Crippen LogP contribution in [0, 0.1) is 5.92 Å². The maximum Gasteiger partial charge on any atom is 0.338 e. The van der Waals surface area contributed by atoms with E-state index in [1.165, 1.54) is 0 Å². The number of ether oxygens (including phenoxy) is 3. The maximum absolute atomic E-state index is 12.0. The Morgan fingerprint density at radius 1 is 0.963 bits per heavy atom. The lowest BCUT2D eigenvalue weighted by Crippen LogP contribution is -2.28. The molecule has 0 aliphatic rings. The van der Waals surface area contributed by atoms with Gasteiger partial charge in [-0.2, -0.15) is 0 Å². The highest BCUT2D eigenvalue weighted by molar-refractivity contribution is 5.91. The van der Waals surface area contributed by atoms with E-state index < -0.39 is 5.97 Å². The van der Waals surface area contributed by atoms with Gasteiger partial charge in [0.05, 0.1) is 19.3 Å². The van der Waals surface area contributed by atoms with Crippen LogP contribution in [-0.4, -0.2) is 32.2 Å². The monoisotopic (exact) mass is 371 g/mol. The molecule has 0 aromatic heterocycles. The Balaban J connectivity index is 1.74. The Bertz CT molecular complexity index is 738. The van der Waals surface area contributed by atoms with Crippen LogP contribution >= 0.6 is 0 Å². The molecule has 0 aliphatic heterocycles. The molecule has 27 heavy (non-hydrogen) atoms.